The highest BCUT2D eigenvalue weighted by atomic mass is 16.2. The van der Waals surface area contributed by atoms with Crippen molar-refractivity contribution < 1.29 is 4.79 Å². The van der Waals surface area contributed by atoms with Crippen molar-refractivity contribution in [3.05, 3.63) is 35.4 Å². The first-order valence-electron chi connectivity index (χ1n) is 6.91. The first-order valence-corrected chi connectivity index (χ1v) is 6.91. The summed E-state index contributed by atoms with van der Waals surface area (Å²) in [6.07, 6.45) is 3.49. The van der Waals surface area contributed by atoms with E-state index in [4.69, 9.17) is 0 Å². The number of amides is 1. The van der Waals surface area contributed by atoms with Crippen LogP contribution in [0.3, 0.4) is 0 Å². The number of benzene rings is 1. The highest BCUT2D eigenvalue weighted by Crippen LogP contribution is 2.33. The highest BCUT2D eigenvalue weighted by molar-refractivity contribution is 5.78. The van der Waals surface area contributed by atoms with Gasteiger partial charge >= 0.3 is 0 Å². The van der Waals surface area contributed by atoms with Crippen LogP contribution in [0.25, 0.3) is 0 Å². The molecule has 1 heterocycles. The van der Waals surface area contributed by atoms with E-state index in [-0.39, 0.29) is 5.91 Å². The van der Waals surface area contributed by atoms with Crippen molar-refractivity contribution >= 4 is 5.91 Å². The van der Waals surface area contributed by atoms with Crippen LogP contribution >= 0.6 is 0 Å². The summed E-state index contributed by atoms with van der Waals surface area (Å²) < 4.78 is 0. The molecule has 0 bridgehead atoms. The minimum absolute atomic E-state index is 0.264. The minimum Gasteiger partial charge on any atom is -0.342 e. The van der Waals surface area contributed by atoms with Crippen LogP contribution in [-0.2, 0) is 11.2 Å². The predicted molar refractivity (Wildman–Crippen MR) is 71.6 cm³/mol. The molecule has 1 aliphatic carbocycles. The van der Waals surface area contributed by atoms with Gasteiger partial charge in [-0.05, 0) is 30.4 Å². The molecule has 1 unspecified atom stereocenters. The van der Waals surface area contributed by atoms with Gasteiger partial charge in [-0.3, -0.25) is 4.79 Å². The summed E-state index contributed by atoms with van der Waals surface area (Å²) in [5, 5.41) is 3.31. The molecular formula is C15H20N2O. The Morgan fingerprint density at radius 1 is 1.28 bits per heavy atom. The van der Waals surface area contributed by atoms with E-state index in [0.717, 1.165) is 26.1 Å². The van der Waals surface area contributed by atoms with Crippen LogP contribution in [0.5, 0.6) is 0 Å². The van der Waals surface area contributed by atoms with Gasteiger partial charge in [0.2, 0.25) is 5.91 Å². The molecule has 1 aromatic rings. The van der Waals surface area contributed by atoms with Crippen LogP contribution < -0.4 is 5.32 Å². The molecule has 0 aromatic heterocycles. The van der Waals surface area contributed by atoms with E-state index in [0.29, 0.717) is 12.5 Å². The molecule has 3 rings (SSSR count). The van der Waals surface area contributed by atoms with E-state index in [2.05, 4.69) is 29.6 Å². The number of rotatable bonds is 4. The lowest BCUT2D eigenvalue weighted by molar-refractivity contribution is -0.129. The Kier molecular flexibility index (Phi) is 3.33. The summed E-state index contributed by atoms with van der Waals surface area (Å²) in [7, 11) is 0. The number of fused-ring (bicyclic) bond motifs is 1. The smallest absolute Gasteiger partial charge is 0.236 e. The third-order valence-electron chi connectivity index (χ3n) is 4.09. The normalized spacial score (nSPS) is 21.6. The summed E-state index contributed by atoms with van der Waals surface area (Å²) >= 11 is 0. The van der Waals surface area contributed by atoms with Gasteiger partial charge in [0.05, 0.1) is 6.54 Å². The highest BCUT2D eigenvalue weighted by Gasteiger charge is 2.25. The van der Waals surface area contributed by atoms with E-state index in [9.17, 15) is 4.79 Å². The Labute approximate surface area is 108 Å². The van der Waals surface area contributed by atoms with Gasteiger partial charge in [-0.2, -0.15) is 0 Å². The molecule has 1 aromatic carbocycles. The van der Waals surface area contributed by atoms with Crippen LogP contribution in [0.15, 0.2) is 24.3 Å². The van der Waals surface area contributed by atoms with E-state index < -0.39 is 0 Å². The predicted octanol–water partition coefficient (Wildman–Crippen LogP) is 1.54. The van der Waals surface area contributed by atoms with Crippen molar-refractivity contribution in [1.29, 1.82) is 0 Å². The number of carbonyl (C=O) groups is 1. The molecule has 96 valence electrons. The fourth-order valence-electron chi connectivity index (χ4n) is 2.98. The van der Waals surface area contributed by atoms with Crippen molar-refractivity contribution in [3.8, 4) is 0 Å². The van der Waals surface area contributed by atoms with Gasteiger partial charge in [0.15, 0.2) is 0 Å². The number of nitrogens with one attached hydrogen (secondary N) is 1. The third kappa shape index (κ3) is 2.27. The zero-order chi connectivity index (χ0) is 12.4. The molecule has 0 spiro atoms. The number of hydrogen-bond acceptors (Lipinski definition) is 2. The van der Waals surface area contributed by atoms with Crippen molar-refractivity contribution in [2.75, 3.05) is 26.2 Å². The maximum atomic E-state index is 11.8. The van der Waals surface area contributed by atoms with Crippen molar-refractivity contribution in [1.82, 2.24) is 10.2 Å². The molecule has 1 atom stereocenters. The van der Waals surface area contributed by atoms with Crippen LogP contribution in [-0.4, -0.2) is 37.0 Å². The second kappa shape index (κ2) is 5.11. The molecule has 0 saturated carbocycles. The Balaban J connectivity index is 1.42. The van der Waals surface area contributed by atoms with Gasteiger partial charge in [-0.15, -0.1) is 0 Å². The Bertz CT molecular complexity index is 438. The standard InChI is InChI=1S/C15H20N2O/c18-15(17-7-3-4-8-17)11-16-10-13-9-12-5-1-2-6-14(12)13/h1-2,5-6,13,16H,3-4,7-11H2. The summed E-state index contributed by atoms with van der Waals surface area (Å²) in [4.78, 5) is 13.8. The van der Waals surface area contributed by atoms with Gasteiger partial charge in [0.1, 0.15) is 0 Å². The van der Waals surface area contributed by atoms with E-state index in [1.807, 2.05) is 4.90 Å². The van der Waals surface area contributed by atoms with Crippen LogP contribution in [0.4, 0.5) is 0 Å². The lowest BCUT2D eigenvalue weighted by atomic mass is 9.77. The van der Waals surface area contributed by atoms with E-state index in [1.54, 1.807) is 0 Å². The topological polar surface area (TPSA) is 32.3 Å². The van der Waals surface area contributed by atoms with Gasteiger partial charge in [-0.25, -0.2) is 0 Å². The maximum absolute atomic E-state index is 11.8. The quantitative estimate of drug-likeness (QED) is 0.871. The van der Waals surface area contributed by atoms with Crippen molar-refractivity contribution in [2.45, 2.75) is 25.2 Å². The summed E-state index contributed by atoms with van der Waals surface area (Å²) in [6, 6.07) is 8.59. The SMILES string of the molecule is O=C(CNCC1Cc2ccccc21)N1CCCC1. The third-order valence-corrected chi connectivity index (χ3v) is 4.09. The van der Waals surface area contributed by atoms with Crippen LogP contribution in [0.1, 0.15) is 29.9 Å². The minimum atomic E-state index is 0.264. The molecule has 1 amide bonds. The largest absolute Gasteiger partial charge is 0.342 e. The zero-order valence-corrected chi connectivity index (χ0v) is 10.7. The lowest BCUT2D eigenvalue weighted by Crippen LogP contribution is -2.39. The van der Waals surface area contributed by atoms with E-state index >= 15 is 0 Å². The molecule has 3 heteroatoms. The van der Waals surface area contributed by atoms with Crippen molar-refractivity contribution in [2.24, 2.45) is 0 Å². The number of carbonyl (C=O) groups excluding carboxylic acids is 1. The fraction of sp³-hybridized carbons (Fsp3) is 0.533. The number of hydrogen-bond donors (Lipinski definition) is 1. The Hall–Kier alpha value is -1.35. The molecule has 1 saturated heterocycles. The number of nitrogens with zero attached hydrogens (tertiary/aromatic N) is 1. The first-order chi connectivity index (χ1) is 8.84. The van der Waals surface area contributed by atoms with Crippen molar-refractivity contribution in [3.63, 3.8) is 0 Å². The maximum Gasteiger partial charge on any atom is 0.236 e. The molecular weight excluding hydrogens is 224 g/mol. The molecule has 0 radical (unpaired) electrons. The van der Waals surface area contributed by atoms with Crippen LogP contribution in [0.2, 0.25) is 0 Å². The van der Waals surface area contributed by atoms with Gasteiger partial charge < -0.3 is 10.2 Å². The van der Waals surface area contributed by atoms with Crippen LogP contribution in [0, 0.1) is 0 Å². The summed E-state index contributed by atoms with van der Waals surface area (Å²) in [5.74, 6) is 0.868. The molecule has 1 fully saturated rings. The number of likely N-dealkylation sites (tertiary alicyclic amines) is 1. The Morgan fingerprint density at radius 3 is 2.83 bits per heavy atom. The van der Waals surface area contributed by atoms with Gasteiger partial charge in [-0.1, -0.05) is 24.3 Å². The molecule has 1 N–H and O–H groups in total. The molecule has 2 aliphatic rings. The first kappa shape index (κ1) is 11.7. The molecule has 1 aliphatic heterocycles. The second-order valence-electron chi connectivity index (χ2n) is 5.32. The average Bonchev–Trinajstić information content (AvgIpc) is 2.88. The molecule has 18 heavy (non-hydrogen) atoms. The monoisotopic (exact) mass is 244 g/mol. The van der Waals surface area contributed by atoms with E-state index in [1.165, 1.54) is 24.0 Å². The Morgan fingerprint density at radius 2 is 2.06 bits per heavy atom. The summed E-state index contributed by atoms with van der Waals surface area (Å²) in [6.45, 7) is 3.33. The second-order valence-corrected chi connectivity index (χ2v) is 5.32. The zero-order valence-electron chi connectivity index (χ0n) is 10.7. The fourth-order valence-corrected chi connectivity index (χ4v) is 2.98. The molecule has 3 nitrogen and oxygen atoms in total. The lowest BCUT2D eigenvalue weighted by Gasteiger charge is -2.30. The summed E-state index contributed by atoms with van der Waals surface area (Å²) in [5.41, 5.74) is 2.92. The van der Waals surface area contributed by atoms with Gasteiger partial charge in [0.25, 0.3) is 0 Å². The average molecular weight is 244 g/mol. The van der Waals surface area contributed by atoms with Gasteiger partial charge in [0, 0.05) is 25.6 Å².